The van der Waals surface area contributed by atoms with Gasteiger partial charge in [-0.2, -0.15) is 9.97 Å². The molecule has 0 saturated heterocycles. The fourth-order valence-corrected chi connectivity index (χ4v) is 3.47. The third kappa shape index (κ3) is 4.10. The molecule has 0 N–H and O–H groups in total. The lowest BCUT2D eigenvalue weighted by Crippen LogP contribution is -2.11. The van der Waals surface area contributed by atoms with Gasteiger partial charge in [0.25, 0.3) is 0 Å². The fourth-order valence-electron chi connectivity index (χ4n) is 2.49. The standard InChI is InChI=1S/C14H20N2O3S/c1-18-12-8-13(19-2)16-14(15-12)20-11(9-17)7-10-5-3-4-6-10/h8-11H,3-7H2,1-2H3. The molecule has 1 aliphatic carbocycles. The third-order valence-corrected chi connectivity index (χ3v) is 4.53. The maximum Gasteiger partial charge on any atom is 0.220 e. The monoisotopic (exact) mass is 296 g/mol. The highest BCUT2D eigenvalue weighted by Crippen LogP contribution is 2.33. The first-order valence-electron chi connectivity index (χ1n) is 6.84. The number of hydrogen-bond acceptors (Lipinski definition) is 6. The maximum atomic E-state index is 11.3. The summed E-state index contributed by atoms with van der Waals surface area (Å²) in [5.74, 6) is 1.56. The number of nitrogens with zero attached hydrogens (tertiary/aromatic N) is 2. The zero-order chi connectivity index (χ0) is 14.4. The predicted molar refractivity (Wildman–Crippen MR) is 77.4 cm³/mol. The van der Waals surface area contributed by atoms with Crippen molar-refractivity contribution >= 4 is 18.0 Å². The van der Waals surface area contributed by atoms with Gasteiger partial charge in [0.05, 0.1) is 25.5 Å². The van der Waals surface area contributed by atoms with Gasteiger partial charge in [-0.1, -0.05) is 37.4 Å². The number of hydrogen-bond donors (Lipinski definition) is 0. The third-order valence-electron chi connectivity index (χ3n) is 3.53. The van der Waals surface area contributed by atoms with Crippen molar-refractivity contribution in [2.45, 2.75) is 42.5 Å². The van der Waals surface area contributed by atoms with Crippen molar-refractivity contribution in [2.75, 3.05) is 14.2 Å². The topological polar surface area (TPSA) is 61.3 Å². The van der Waals surface area contributed by atoms with E-state index in [1.165, 1.54) is 37.4 Å². The van der Waals surface area contributed by atoms with E-state index in [0.29, 0.717) is 22.8 Å². The molecule has 1 unspecified atom stereocenters. The average Bonchev–Trinajstić information content (AvgIpc) is 2.99. The first kappa shape index (κ1) is 15.1. The number of rotatable bonds is 7. The molecule has 1 fully saturated rings. The Morgan fingerprint density at radius 3 is 2.40 bits per heavy atom. The van der Waals surface area contributed by atoms with E-state index in [4.69, 9.17) is 9.47 Å². The van der Waals surface area contributed by atoms with Gasteiger partial charge < -0.3 is 14.3 Å². The summed E-state index contributed by atoms with van der Waals surface area (Å²) < 4.78 is 10.2. The van der Waals surface area contributed by atoms with Gasteiger partial charge in [0.2, 0.25) is 11.8 Å². The van der Waals surface area contributed by atoms with Crippen LogP contribution in [0.1, 0.15) is 32.1 Å². The van der Waals surface area contributed by atoms with Crippen LogP contribution in [0, 0.1) is 5.92 Å². The molecule has 0 aromatic carbocycles. The molecule has 1 aromatic rings. The first-order chi connectivity index (χ1) is 9.75. The predicted octanol–water partition coefficient (Wildman–Crippen LogP) is 2.73. The van der Waals surface area contributed by atoms with Crippen LogP contribution in [0.4, 0.5) is 0 Å². The van der Waals surface area contributed by atoms with E-state index in [1.807, 2.05) is 0 Å². The van der Waals surface area contributed by atoms with E-state index in [9.17, 15) is 4.79 Å². The Hall–Kier alpha value is -1.30. The molecule has 0 spiro atoms. The second-order valence-electron chi connectivity index (χ2n) is 4.91. The van der Waals surface area contributed by atoms with Crippen LogP contribution in [0.25, 0.3) is 0 Å². The zero-order valence-corrected chi connectivity index (χ0v) is 12.7. The molecule has 20 heavy (non-hydrogen) atoms. The normalized spacial score (nSPS) is 16.9. The van der Waals surface area contributed by atoms with Crippen LogP contribution in [0.3, 0.4) is 0 Å². The molecule has 0 radical (unpaired) electrons. The van der Waals surface area contributed by atoms with Crippen LogP contribution < -0.4 is 9.47 Å². The smallest absolute Gasteiger partial charge is 0.220 e. The van der Waals surface area contributed by atoms with Crippen molar-refractivity contribution in [3.63, 3.8) is 0 Å². The summed E-state index contributed by atoms with van der Waals surface area (Å²) in [7, 11) is 3.10. The first-order valence-corrected chi connectivity index (χ1v) is 7.72. The summed E-state index contributed by atoms with van der Waals surface area (Å²) >= 11 is 1.38. The minimum atomic E-state index is -0.102. The Balaban J connectivity index is 2.03. The molecular formula is C14H20N2O3S. The molecule has 1 saturated carbocycles. The molecule has 1 heterocycles. The molecule has 0 aliphatic heterocycles. The van der Waals surface area contributed by atoms with Crippen LogP contribution in [-0.4, -0.2) is 35.7 Å². The van der Waals surface area contributed by atoms with E-state index in [0.717, 1.165) is 12.7 Å². The van der Waals surface area contributed by atoms with Gasteiger partial charge in [-0.25, -0.2) is 0 Å². The van der Waals surface area contributed by atoms with Gasteiger partial charge >= 0.3 is 0 Å². The van der Waals surface area contributed by atoms with Crippen LogP contribution in [-0.2, 0) is 4.79 Å². The largest absolute Gasteiger partial charge is 0.481 e. The van der Waals surface area contributed by atoms with E-state index in [2.05, 4.69) is 9.97 Å². The highest BCUT2D eigenvalue weighted by atomic mass is 32.2. The molecule has 2 rings (SSSR count). The lowest BCUT2D eigenvalue weighted by molar-refractivity contribution is -0.107. The minimum Gasteiger partial charge on any atom is -0.481 e. The van der Waals surface area contributed by atoms with Crippen molar-refractivity contribution in [1.82, 2.24) is 9.97 Å². The summed E-state index contributed by atoms with van der Waals surface area (Å²) in [6, 6.07) is 1.62. The molecule has 6 heteroatoms. The number of thioether (sulfide) groups is 1. The summed E-state index contributed by atoms with van der Waals surface area (Å²) in [5, 5.41) is 0.422. The van der Waals surface area contributed by atoms with Crippen molar-refractivity contribution < 1.29 is 14.3 Å². The molecule has 1 atom stereocenters. The second kappa shape index (κ2) is 7.47. The van der Waals surface area contributed by atoms with E-state index >= 15 is 0 Å². The van der Waals surface area contributed by atoms with Gasteiger partial charge in [-0.15, -0.1) is 0 Å². The molecule has 0 bridgehead atoms. The zero-order valence-electron chi connectivity index (χ0n) is 11.9. The van der Waals surface area contributed by atoms with Crippen molar-refractivity contribution in [3.05, 3.63) is 6.07 Å². The molecule has 5 nitrogen and oxygen atoms in total. The quantitative estimate of drug-likeness (QED) is 0.438. The number of methoxy groups -OCH3 is 2. The SMILES string of the molecule is COc1cc(OC)nc(SC(C=O)CC2CCCC2)n1. The van der Waals surface area contributed by atoms with Gasteiger partial charge in [0.1, 0.15) is 6.29 Å². The lowest BCUT2D eigenvalue weighted by atomic mass is 10.0. The minimum absolute atomic E-state index is 0.102. The van der Waals surface area contributed by atoms with Crippen LogP contribution >= 0.6 is 11.8 Å². The highest BCUT2D eigenvalue weighted by Gasteiger charge is 2.22. The fraction of sp³-hybridized carbons (Fsp3) is 0.643. The van der Waals surface area contributed by atoms with E-state index < -0.39 is 0 Å². The summed E-state index contributed by atoms with van der Waals surface area (Å²) in [6.07, 6.45) is 6.92. The number of aromatic nitrogens is 2. The number of aldehydes is 1. The molecule has 1 aliphatic rings. The summed E-state index contributed by atoms with van der Waals surface area (Å²) in [4.78, 5) is 19.8. The van der Waals surface area contributed by atoms with Crippen molar-refractivity contribution in [1.29, 1.82) is 0 Å². The van der Waals surface area contributed by atoms with Gasteiger partial charge in [0.15, 0.2) is 5.16 Å². The molecular weight excluding hydrogens is 276 g/mol. The van der Waals surface area contributed by atoms with Crippen molar-refractivity contribution in [2.24, 2.45) is 5.92 Å². The van der Waals surface area contributed by atoms with Gasteiger partial charge in [0, 0.05) is 0 Å². The lowest BCUT2D eigenvalue weighted by Gasteiger charge is -2.14. The number of carbonyl (C=O) groups is 1. The Labute approximate surface area is 123 Å². The van der Waals surface area contributed by atoms with Crippen LogP contribution in [0.5, 0.6) is 11.8 Å². The molecule has 110 valence electrons. The maximum absolute atomic E-state index is 11.3. The Morgan fingerprint density at radius 1 is 1.30 bits per heavy atom. The number of carbonyl (C=O) groups excluding carboxylic acids is 1. The van der Waals surface area contributed by atoms with E-state index in [1.54, 1.807) is 20.3 Å². The molecule has 1 aromatic heterocycles. The summed E-state index contributed by atoms with van der Waals surface area (Å²) in [6.45, 7) is 0. The Morgan fingerprint density at radius 2 is 1.90 bits per heavy atom. The van der Waals surface area contributed by atoms with E-state index in [-0.39, 0.29) is 5.25 Å². The Bertz CT molecular complexity index is 428. The van der Waals surface area contributed by atoms with Gasteiger partial charge in [-0.05, 0) is 12.3 Å². The van der Waals surface area contributed by atoms with Crippen molar-refractivity contribution in [3.8, 4) is 11.8 Å². The van der Waals surface area contributed by atoms with Crippen LogP contribution in [0.15, 0.2) is 11.2 Å². The second-order valence-corrected chi connectivity index (χ2v) is 6.12. The number of ether oxygens (including phenoxy) is 2. The average molecular weight is 296 g/mol. The Kier molecular flexibility index (Phi) is 5.64. The van der Waals surface area contributed by atoms with Gasteiger partial charge in [-0.3, -0.25) is 0 Å². The highest BCUT2D eigenvalue weighted by molar-refractivity contribution is 8.00. The van der Waals surface area contributed by atoms with Crippen LogP contribution in [0.2, 0.25) is 0 Å². The molecule has 0 amide bonds. The summed E-state index contributed by atoms with van der Waals surface area (Å²) in [5.41, 5.74) is 0.